The summed E-state index contributed by atoms with van der Waals surface area (Å²) >= 11 is 6.05. The molecular weight excluding hydrogens is 362 g/mol. The topological polar surface area (TPSA) is 63.2 Å². The van der Waals surface area contributed by atoms with Crippen molar-refractivity contribution in [2.24, 2.45) is 0 Å². The first-order valence-corrected chi connectivity index (χ1v) is 8.92. The van der Waals surface area contributed by atoms with E-state index in [2.05, 4.69) is 21.7 Å². The highest BCUT2D eigenvalue weighted by Gasteiger charge is 2.09. The molecule has 2 N–H and O–H groups in total. The molecule has 0 aliphatic heterocycles. The average molecular weight is 382 g/mol. The molecule has 5 nitrogen and oxygen atoms in total. The molecule has 0 saturated carbocycles. The standard InChI is InChI=1S/C21H20ClN3O2/c1-27-17-6-4-5-15(13-17)11-12-23-16-9-10-20(24-14-16)21(26)25-19-8-3-2-7-18(19)22/h2-10,13-14,23H,11-12H2,1H3,(H,25,26). The number of benzene rings is 2. The van der Waals surface area contributed by atoms with Gasteiger partial charge in [0.25, 0.3) is 5.91 Å². The summed E-state index contributed by atoms with van der Waals surface area (Å²) in [5.41, 5.74) is 2.93. The smallest absolute Gasteiger partial charge is 0.274 e. The number of hydrogen-bond acceptors (Lipinski definition) is 4. The molecule has 0 unspecified atom stereocenters. The molecule has 138 valence electrons. The molecule has 0 aliphatic rings. The fraction of sp³-hybridized carbons (Fsp3) is 0.143. The van der Waals surface area contributed by atoms with Gasteiger partial charge in [-0.3, -0.25) is 4.79 Å². The van der Waals surface area contributed by atoms with Crippen molar-refractivity contribution in [3.63, 3.8) is 0 Å². The van der Waals surface area contributed by atoms with Gasteiger partial charge in [0.15, 0.2) is 0 Å². The molecule has 0 radical (unpaired) electrons. The third-order valence-electron chi connectivity index (χ3n) is 4.00. The average Bonchev–Trinajstić information content (AvgIpc) is 2.70. The lowest BCUT2D eigenvalue weighted by molar-refractivity contribution is 0.102. The van der Waals surface area contributed by atoms with E-state index in [1.54, 1.807) is 31.5 Å². The van der Waals surface area contributed by atoms with Crippen molar-refractivity contribution in [1.82, 2.24) is 4.98 Å². The van der Waals surface area contributed by atoms with Gasteiger partial charge in [0.1, 0.15) is 11.4 Å². The Balaban J connectivity index is 1.53. The van der Waals surface area contributed by atoms with Crippen LogP contribution < -0.4 is 15.4 Å². The van der Waals surface area contributed by atoms with Gasteiger partial charge in [-0.2, -0.15) is 0 Å². The monoisotopic (exact) mass is 381 g/mol. The number of nitrogens with zero attached hydrogens (tertiary/aromatic N) is 1. The Morgan fingerprint density at radius 3 is 2.70 bits per heavy atom. The Kier molecular flexibility index (Phi) is 6.28. The molecule has 2 aromatic carbocycles. The van der Waals surface area contributed by atoms with Crippen LogP contribution in [0.2, 0.25) is 5.02 Å². The second-order valence-corrected chi connectivity index (χ2v) is 6.30. The van der Waals surface area contributed by atoms with Crippen LogP contribution in [0.1, 0.15) is 16.1 Å². The second-order valence-electron chi connectivity index (χ2n) is 5.89. The molecule has 1 heterocycles. The maximum absolute atomic E-state index is 12.3. The molecular formula is C21H20ClN3O2. The maximum Gasteiger partial charge on any atom is 0.274 e. The van der Waals surface area contributed by atoms with Crippen LogP contribution in [0.3, 0.4) is 0 Å². The van der Waals surface area contributed by atoms with E-state index >= 15 is 0 Å². The van der Waals surface area contributed by atoms with Crippen LogP contribution in [0.15, 0.2) is 66.9 Å². The number of halogens is 1. The van der Waals surface area contributed by atoms with Gasteiger partial charge in [-0.25, -0.2) is 4.98 Å². The first-order chi connectivity index (χ1) is 13.2. The number of methoxy groups -OCH3 is 1. The molecule has 0 aliphatic carbocycles. The number of pyridine rings is 1. The Hall–Kier alpha value is -3.05. The van der Waals surface area contributed by atoms with Gasteiger partial charge in [-0.05, 0) is 48.4 Å². The fourth-order valence-electron chi connectivity index (χ4n) is 2.56. The van der Waals surface area contributed by atoms with Gasteiger partial charge in [-0.1, -0.05) is 35.9 Å². The Bertz CT molecular complexity index is 913. The van der Waals surface area contributed by atoms with Crippen molar-refractivity contribution in [2.45, 2.75) is 6.42 Å². The third-order valence-corrected chi connectivity index (χ3v) is 4.32. The summed E-state index contributed by atoms with van der Waals surface area (Å²) in [5.74, 6) is 0.550. The number of rotatable bonds is 7. The number of carbonyl (C=O) groups excluding carboxylic acids is 1. The van der Waals surface area contributed by atoms with E-state index in [0.717, 1.165) is 24.4 Å². The zero-order valence-electron chi connectivity index (χ0n) is 14.9. The van der Waals surface area contributed by atoms with E-state index in [1.165, 1.54) is 5.56 Å². The molecule has 0 spiro atoms. The zero-order valence-corrected chi connectivity index (χ0v) is 15.7. The first kappa shape index (κ1) is 18.7. The van der Waals surface area contributed by atoms with E-state index in [-0.39, 0.29) is 5.91 Å². The van der Waals surface area contributed by atoms with Crippen LogP contribution >= 0.6 is 11.6 Å². The summed E-state index contributed by atoms with van der Waals surface area (Å²) in [6, 6.07) is 18.6. The Labute approximate surface area is 163 Å². The summed E-state index contributed by atoms with van der Waals surface area (Å²) in [6.07, 6.45) is 2.50. The van der Waals surface area contributed by atoms with E-state index in [9.17, 15) is 4.79 Å². The number of carbonyl (C=O) groups is 1. The maximum atomic E-state index is 12.3. The highest BCUT2D eigenvalue weighted by atomic mass is 35.5. The minimum atomic E-state index is -0.300. The van der Waals surface area contributed by atoms with Crippen LogP contribution in [0, 0.1) is 0 Å². The quantitative estimate of drug-likeness (QED) is 0.625. The van der Waals surface area contributed by atoms with Crippen LogP contribution in [0.4, 0.5) is 11.4 Å². The molecule has 0 atom stereocenters. The predicted molar refractivity (Wildman–Crippen MR) is 109 cm³/mol. The number of para-hydroxylation sites is 1. The van der Waals surface area contributed by atoms with Crippen LogP contribution in [0.5, 0.6) is 5.75 Å². The van der Waals surface area contributed by atoms with Crippen LogP contribution in [-0.4, -0.2) is 24.5 Å². The highest BCUT2D eigenvalue weighted by Crippen LogP contribution is 2.21. The van der Waals surface area contributed by atoms with Crippen molar-refractivity contribution in [3.8, 4) is 5.75 Å². The van der Waals surface area contributed by atoms with Crippen molar-refractivity contribution in [3.05, 3.63) is 83.1 Å². The predicted octanol–water partition coefficient (Wildman–Crippen LogP) is 4.65. The molecule has 1 amide bonds. The van der Waals surface area contributed by atoms with Gasteiger partial charge < -0.3 is 15.4 Å². The van der Waals surface area contributed by atoms with Crippen LogP contribution in [0.25, 0.3) is 0 Å². The number of anilines is 2. The summed E-state index contributed by atoms with van der Waals surface area (Å²) in [4.78, 5) is 16.5. The molecule has 3 aromatic rings. The summed E-state index contributed by atoms with van der Waals surface area (Å²) in [7, 11) is 1.66. The number of aromatic nitrogens is 1. The number of amides is 1. The SMILES string of the molecule is COc1cccc(CCNc2ccc(C(=O)Nc3ccccc3Cl)nc2)c1. The number of ether oxygens (including phenoxy) is 1. The van der Waals surface area contributed by atoms with Crippen molar-refractivity contribution < 1.29 is 9.53 Å². The minimum absolute atomic E-state index is 0.300. The zero-order chi connectivity index (χ0) is 19.1. The highest BCUT2D eigenvalue weighted by molar-refractivity contribution is 6.33. The molecule has 0 bridgehead atoms. The summed E-state index contributed by atoms with van der Waals surface area (Å²) in [5, 5.41) is 6.54. The van der Waals surface area contributed by atoms with Crippen LogP contribution in [-0.2, 0) is 6.42 Å². The van der Waals surface area contributed by atoms with Crippen molar-refractivity contribution in [2.75, 3.05) is 24.3 Å². The summed E-state index contributed by atoms with van der Waals surface area (Å²) < 4.78 is 5.23. The van der Waals surface area contributed by atoms with Gasteiger partial charge in [0, 0.05) is 6.54 Å². The van der Waals surface area contributed by atoms with Crippen molar-refractivity contribution >= 4 is 28.9 Å². The molecule has 6 heteroatoms. The van der Waals surface area contributed by atoms with Crippen molar-refractivity contribution in [1.29, 1.82) is 0 Å². The summed E-state index contributed by atoms with van der Waals surface area (Å²) in [6.45, 7) is 0.750. The lowest BCUT2D eigenvalue weighted by Crippen LogP contribution is -2.14. The minimum Gasteiger partial charge on any atom is -0.497 e. The molecule has 1 aromatic heterocycles. The van der Waals surface area contributed by atoms with Gasteiger partial charge >= 0.3 is 0 Å². The largest absolute Gasteiger partial charge is 0.497 e. The molecule has 0 fully saturated rings. The van der Waals surface area contributed by atoms with E-state index in [4.69, 9.17) is 16.3 Å². The number of hydrogen-bond donors (Lipinski definition) is 2. The molecule has 3 rings (SSSR count). The van der Waals surface area contributed by atoms with Gasteiger partial charge in [0.05, 0.1) is 29.7 Å². The molecule has 0 saturated heterocycles. The molecule has 27 heavy (non-hydrogen) atoms. The third kappa shape index (κ3) is 5.21. The normalized spacial score (nSPS) is 10.3. The lowest BCUT2D eigenvalue weighted by Gasteiger charge is -2.09. The Morgan fingerprint density at radius 2 is 1.96 bits per heavy atom. The number of nitrogens with one attached hydrogen (secondary N) is 2. The lowest BCUT2D eigenvalue weighted by atomic mass is 10.1. The first-order valence-electron chi connectivity index (χ1n) is 8.54. The van der Waals surface area contributed by atoms with Gasteiger partial charge in [-0.15, -0.1) is 0 Å². The Morgan fingerprint density at radius 1 is 1.11 bits per heavy atom. The van der Waals surface area contributed by atoms with E-state index < -0.39 is 0 Å². The fourth-order valence-corrected chi connectivity index (χ4v) is 2.74. The van der Waals surface area contributed by atoms with E-state index in [1.807, 2.05) is 36.4 Å². The van der Waals surface area contributed by atoms with E-state index in [0.29, 0.717) is 16.4 Å². The second kappa shape index (κ2) is 9.05. The van der Waals surface area contributed by atoms with Gasteiger partial charge in [0.2, 0.25) is 0 Å².